The summed E-state index contributed by atoms with van der Waals surface area (Å²) in [7, 11) is 6.00. The van der Waals surface area contributed by atoms with Gasteiger partial charge in [-0.2, -0.15) is 0 Å². The Balaban J connectivity index is 0.000000705. The molecule has 2 aromatic carbocycles. The molecule has 0 saturated heterocycles. The zero-order valence-electron chi connectivity index (χ0n) is 14.8. The summed E-state index contributed by atoms with van der Waals surface area (Å²) in [4.78, 5) is 25.7. The first-order chi connectivity index (χ1) is 11.9. The quantitative estimate of drug-likeness (QED) is 0.916. The van der Waals surface area contributed by atoms with Crippen molar-refractivity contribution in [2.45, 2.75) is 13.2 Å². The van der Waals surface area contributed by atoms with Crippen LogP contribution in [0.3, 0.4) is 0 Å². The van der Waals surface area contributed by atoms with Gasteiger partial charge in [0.2, 0.25) is 0 Å². The maximum atomic E-state index is 11.9. The van der Waals surface area contributed by atoms with Crippen molar-refractivity contribution in [1.82, 2.24) is 9.80 Å². The van der Waals surface area contributed by atoms with Gasteiger partial charge in [0.15, 0.2) is 0 Å². The normalized spacial score (nSPS) is 9.76. The molecule has 0 unspecified atom stereocenters. The van der Waals surface area contributed by atoms with Crippen molar-refractivity contribution in [3.05, 3.63) is 71.8 Å². The molecule has 0 aliphatic rings. The molecule has 6 nitrogen and oxygen atoms in total. The van der Waals surface area contributed by atoms with Crippen molar-refractivity contribution in [2.75, 3.05) is 21.1 Å². The molecule has 0 atom stereocenters. The van der Waals surface area contributed by atoms with Crippen LogP contribution in [0.1, 0.15) is 11.1 Å². The molecule has 2 rings (SSSR count). The van der Waals surface area contributed by atoms with Crippen LogP contribution in [0.4, 0.5) is 9.59 Å². The minimum atomic E-state index is -1.34. The van der Waals surface area contributed by atoms with E-state index in [0.29, 0.717) is 4.90 Å². The second-order valence-electron chi connectivity index (χ2n) is 5.74. The predicted molar refractivity (Wildman–Crippen MR) is 96.2 cm³/mol. The number of carbonyl (C=O) groups is 2. The number of hydrogen-bond acceptors (Lipinski definition) is 4. The number of carbonyl (C=O) groups excluding carboxylic acids is 1. The van der Waals surface area contributed by atoms with Gasteiger partial charge in [0.25, 0.3) is 0 Å². The Morgan fingerprint density at radius 1 is 0.880 bits per heavy atom. The minimum Gasteiger partial charge on any atom is -0.465 e. The van der Waals surface area contributed by atoms with E-state index in [4.69, 9.17) is 9.84 Å². The van der Waals surface area contributed by atoms with E-state index in [1.807, 2.05) is 50.3 Å². The molecular formula is C19H24N2O4. The first kappa shape index (κ1) is 20.2. The lowest BCUT2D eigenvalue weighted by Crippen LogP contribution is -2.35. The number of ether oxygens (including phenoxy) is 1. The van der Waals surface area contributed by atoms with Crippen LogP contribution in [-0.4, -0.2) is 48.2 Å². The molecule has 0 bridgehead atoms. The van der Waals surface area contributed by atoms with Crippen LogP contribution < -0.4 is 0 Å². The van der Waals surface area contributed by atoms with Crippen molar-refractivity contribution in [3.63, 3.8) is 0 Å². The molecule has 2 amide bonds. The summed E-state index contributed by atoms with van der Waals surface area (Å²) in [6.07, 6.45) is -2.22. The maximum absolute atomic E-state index is 11.9. The molecular weight excluding hydrogens is 320 g/mol. The van der Waals surface area contributed by atoms with Crippen molar-refractivity contribution in [3.8, 4) is 0 Å². The second-order valence-corrected chi connectivity index (χ2v) is 5.74. The van der Waals surface area contributed by atoms with Gasteiger partial charge in [0.05, 0.1) is 6.54 Å². The lowest BCUT2D eigenvalue weighted by atomic mass is 10.2. The number of imide groups is 1. The molecule has 6 heteroatoms. The average Bonchev–Trinajstić information content (AvgIpc) is 2.58. The fourth-order valence-electron chi connectivity index (χ4n) is 1.77. The molecule has 0 spiro atoms. The molecule has 2 aromatic rings. The van der Waals surface area contributed by atoms with Crippen LogP contribution in [-0.2, 0) is 17.9 Å². The zero-order valence-corrected chi connectivity index (χ0v) is 14.8. The van der Waals surface area contributed by atoms with Gasteiger partial charge in [-0.1, -0.05) is 60.7 Å². The van der Waals surface area contributed by atoms with Gasteiger partial charge in [-0.15, -0.1) is 0 Å². The van der Waals surface area contributed by atoms with E-state index in [2.05, 4.69) is 0 Å². The van der Waals surface area contributed by atoms with E-state index >= 15 is 0 Å². The summed E-state index contributed by atoms with van der Waals surface area (Å²) < 4.78 is 5.03. The third-order valence-electron chi connectivity index (χ3n) is 2.84. The fourth-order valence-corrected chi connectivity index (χ4v) is 1.77. The smallest absolute Gasteiger partial charge is 0.419 e. The molecule has 1 N–H and O–H groups in total. The van der Waals surface area contributed by atoms with Gasteiger partial charge in [-0.25, -0.2) is 14.5 Å². The second kappa shape index (κ2) is 10.8. The summed E-state index contributed by atoms with van der Waals surface area (Å²) in [6.45, 7) is 0.00202. The van der Waals surface area contributed by atoms with E-state index in [0.717, 1.165) is 11.1 Å². The fraction of sp³-hybridized carbons (Fsp3) is 0.263. The van der Waals surface area contributed by atoms with E-state index < -0.39 is 12.2 Å². The number of rotatable bonds is 4. The lowest BCUT2D eigenvalue weighted by Gasteiger charge is -2.17. The molecule has 134 valence electrons. The van der Waals surface area contributed by atoms with Crippen molar-refractivity contribution < 1.29 is 19.4 Å². The topological polar surface area (TPSA) is 70.1 Å². The summed E-state index contributed by atoms with van der Waals surface area (Å²) >= 11 is 0. The van der Waals surface area contributed by atoms with Crippen LogP contribution in [0.25, 0.3) is 0 Å². The summed E-state index contributed by atoms with van der Waals surface area (Å²) in [6, 6.07) is 18.0. The zero-order chi connectivity index (χ0) is 18.7. The highest BCUT2D eigenvalue weighted by Gasteiger charge is 2.22. The first-order valence-electron chi connectivity index (χ1n) is 7.76. The minimum absolute atomic E-state index is 0.0379. The van der Waals surface area contributed by atoms with Crippen LogP contribution in [0.2, 0.25) is 0 Å². The molecule has 0 aliphatic heterocycles. The van der Waals surface area contributed by atoms with Crippen molar-refractivity contribution in [2.24, 2.45) is 0 Å². The Bertz CT molecular complexity index is 642. The number of hydrogen-bond donors (Lipinski definition) is 1. The third-order valence-corrected chi connectivity index (χ3v) is 2.84. The Hall–Kier alpha value is -2.86. The van der Waals surface area contributed by atoms with Crippen molar-refractivity contribution in [1.29, 1.82) is 0 Å². The van der Waals surface area contributed by atoms with E-state index in [1.54, 1.807) is 36.4 Å². The van der Waals surface area contributed by atoms with Gasteiger partial charge in [0.1, 0.15) is 6.61 Å². The van der Waals surface area contributed by atoms with Gasteiger partial charge in [-0.3, -0.25) is 0 Å². The van der Waals surface area contributed by atoms with E-state index in [-0.39, 0.29) is 13.2 Å². The van der Waals surface area contributed by atoms with Crippen LogP contribution in [0.15, 0.2) is 60.7 Å². The maximum Gasteiger partial charge on any atom is 0.419 e. The summed E-state index contributed by atoms with van der Waals surface area (Å²) in [5.74, 6) is 0. The Morgan fingerprint density at radius 2 is 1.32 bits per heavy atom. The monoisotopic (exact) mass is 344 g/mol. The van der Waals surface area contributed by atoms with E-state index in [1.165, 1.54) is 0 Å². The number of amides is 2. The highest BCUT2D eigenvalue weighted by molar-refractivity contribution is 5.86. The molecule has 0 radical (unpaired) electrons. The highest BCUT2D eigenvalue weighted by Crippen LogP contribution is 2.08. The van der Waals surface area contributed by atoms with Crippen molar-refractivity contribution >= 4 is 12.2 Å². The van der Waals surface area contributed by atoms with E-state index in [9.17, 15) is 9.59 Å². The number of nitrogens with zero attached hydrogens (tertiary/aromatic N) is 2. The number of benzene rings is 2. The predicted octanol–water partition coefficient (Wildman–Crippen LogP) is 3.68. The van der Waals surface area contributed by atoms with Gasteiger partial charge in [0, 0.05) is 0 Å². The Morgan fingerprint density at radius 3 is 1.76 bits per heavy atom. The Labute approximate surface area is 148 Å². The summed E-state index contributed by atoms with van der Waals surface area (Å²) in [5, 5.41) is 9.13. The van der Waals surface area contributed by atoms with Gasteiger partial charge in [-0.05, 0) is 32.3 Å². The first-order valence-corrected chi connectivity index (χ1v) is 7.76. The standard InChI is InChI=1S/C16H15NO4.C3H9N/c18-15(19)17(11-13-7-3-1-4-8-13)16(20)21-12-14-9-5-2-6-10-14;1-4(2)3/h1-10H,11-12H2,(H,18,19);1-3H3. The largest absolute Gasteiger partial charge is 0.465 e. The molecule has 0 saturated carbocycles. The molecule has 0 heterocycles. The van der Waals surface area contributed by atoms with Gasteiger partial charge < -0.3 is 14.7 Å². The van der Waals surface area contributed by atoms with Crippen LogP contribution in [0, 0.1) is 0 Å². The molecule has 0 aromatic heterocycles. The highest BCUT2D eigenvalue weighted by atomic mass is 16.6. The summed E-state index contributed by atoms with van der Waals surface area (Å²) in [5.41, 5.74) is 1.52. The number of carboxylic acid groups (broad SMARTS) is 1. The Kier molecular flexibility index (Phi) is 8.74. The van der Waals surface area contributed by atoms with Crippen LogP contribution >= 0.6 is 0 Å². The molecule has 25 heavy (non-hydrogen) atoms. The SMILES string of the molecule is CN(C)C.O=C(O)N(Cc1ccccc1)C(=O)OCc1ccccc1. The third kappa shape index (κ3) is 8.53. The molecule has 0 fully saturated rings. The average molecular weight is 344 g/mol. The molecule has 0 aliphatic carbocycles. The van der Waals surface area contributed by atoms with Crippen LogP contribution in [0.5, 0.6) is 0 Å². The van der Waals surface area contributed by atoms with Gasteiger partial charge >= 0.3 is 12.2 Å². The lowest BCUT2D eigenvalue weighted by molar-refractivity contribution is 0.0874.